The molecule has 0 saturated carbocycles. The Morgan fingerprint density at radius 1 is 1.12 bits per heavy atom. The van der Waals surface area contributed by atoms with Gasteiger partial charge in [0.2, 0.25) is 0 Å². The fraction of sp³-hybridized carbons (Fsp3) is 0.500. The molecule has 17 heavy (non-hydrogen) atoms. The first-order chi connectivity index (χ1) is 8.15. The van der Waals surface area contributed by atoms with Crippen LogP contribution < -0.4 is 0 Å². The number of hydrogen-bond donors (Lipinski definition) is 0. The molecule has 0 radical (unpaired) electrons. The number of ether oxygens (including phenoxy) is 2. The maximum atomic E-state index is 11.8. The van der Waals surface area contributed by atoms with Gasteiger partial charge in [-0.05, 0) is 38.0 Å². The molecule has 1 rings (SSSR count). The quantitative estimate of drug-likeness (QED) is 0.539. The number of hydrogen-bond acceptors (Lipinski definition) is 3. The van der Waals surface area contributed by atoms with Crippen LogP contribution in [-0.4, -0.2) is 32.2 Å². The van der Waals surface area contributed by atoms with Gasteiger partial charge in [-0.1, -0.05) is 12.1 Å². The molecule has 0 amide bonds. The molecule has 0 aliphatic rings. The summed E-state index contributed by atoms with van der Waals surface area (Å²) >= 11 is 0. The number of benzene rings is 1. The van der Waals surface area contributed by atoms with Crippen molar-refractivity contribution in [1.29, 1.82) is 0 Å². The number of carbonyl (C=O) groups is 1. The highest BCUT2D eigenvalue weighted by atomic mass is 16.5. The standard InChI is InChI=1S/C14H20O3/c1-4-16-7-8-17-10-14(15)13-6-5-11(2)12(3)9-13/h5-6,9H,4,7-8,10H2,1-3H3. The first-order valence-corrected chi connectivity index (χ1v) is 5.91. The summed E-state index contributed by atoms with van der Waals surface area (Å²) in [6.07, 6.45) is 0. The van der Waals surface area contributed by atoms with Crippen LogP contribution in [0.4, 0.5) is 0 Å². The van der Waals surface area contributed by atoms with Crippen molar-refractivity contribution in [2.75, 3.05) is 26.4 Å². The molecule has 0 N–H and O–H groups in total. The molecule has 1 aromatic rings. The Labute approximate surface area is 103 Å². The summed E-state index contributed by atoms with van der Waals surface area (Å²) in [5.41, 5.74) is 3.04. The first-order valence-electron chi connectivity index (χ1n) is 5.91. The molecule has 0 saturated heterocycles. The van der Waals surface area contributed by atoms with Crippen molar-refractivity contribution in [1.82, 2.24) is 0 Å². The van der Waals surface area contributed by atoms with E-state index in [1.165, 1.54) is 5.56 Å². The number of ketones is 1. The van der Waals surface area contributed by atoms with Gasteiger partial charge < -0.3 is 9.47 Å². The number of aryl methyl sites for hydroxylation is 2. The van der Waals surface area contributed by atoms with Crippen molar-refractivity contribution in [3.8, 4) is 0 Å². The molecule has 0 unspecified atom stereocenters. The lowest BCUT2D eigenvalue weighted by Crippen LogP contribution is -2.12. The third-order valence-electron chi connectivity index (χ3n) is 2.64. The minimum Gasteiger partial charge on any atom is -0.379 e. The van der Waals surface area contributed by atoms with Crippen molar-refractivity contribution >= 4 is 5.78 Å². The summed E-state index contributed by atoms with van der Waals surface area (Å²) in [5, 5.41) is 0. The Morgan fingerprint density at radius 2 is 1.82 bits per heavy atom. The van der Waals surface area contributed by atoms with Crippen LogP contribution in [0.3, 0.4) is 0 Å². The van der Waals surface area contributed by atoms with Crippen molar-refractivity contribution in [2.24, 2.45) is 0 Å². The summed E-state index contributed by atoms with van der Waals surface area (Å²) in [6, 6.07) is 5.71. The molecule has 94 valence electrons. The average molecular weight is 236 g/mol. The zero-order valence-corrected chi connectivity index (χ0v) is 10.8. The van der Waals surface area contributed by atoms with Crippen LogP contribution in [0, 0.1) is 13.8 Å². The SMILES string of the molecule is CCOCCOCC(=O)c1ccc(C)c(C)c1. The van der Waals surface area contributed by atoms with E-state index in [0.29, 0.717) is 25.4 Å². The molecule has 3 heteroatoms. The van der Waals surface area contributed by atoms with Gasteiger partial charge in [-0.15, -0.1) is 0 Å². The predicted molar refractivity (Wildman–Crippen MR) is 67.6 cm³/mol. The van der Waals surface area contributed by atoms with Gasteiger partial charge in [0, 0.05) is 12.2 Å². The van der Waals surface area contributed by atoms with Gasteiger partial charge in [-0.3, -0.25) is 4.79 Å². The third-order valence-corrected chi connectivity index (χ3v) is 2.64. The van der Waals surface area contributed by atoms with E-state index in [2.05, 4.69) is 0 Å². The van der Waals surface area contributed by atoms with Crippen molar-refractivity contribution < 1.29 is 14.3 Å². The molecule has 0 atom stereocenters. The Hall–Kier alpha value is -1.19. The molecule has 0 spiro atoms. The predicted octanol–water partition coefficient (Wildman–Crippen LogP) is 2.54. The monoisotopic (exact) mass is 236 g/mol. The van der Waals surface area contributed by atoms with Crippen LogP contribution >= 0.6 is 0 Å². The van der Waals surface area contributed by atoms with Gasteiger partial charge in [-0.25, -0.2) is 0 Å². The first kappa shape index (κ1) is 13.9. The molecule has 0 aliphatic carbocycles. The normalized spacial score (nSPS) is 10.5. The Kier molecular flexibility index (Phi) is 5.87. The maximum Gasteiger partial charge on any atom is 0.188 e. The highest BCUT2D eigenvalue weighted by Gasteiger charge is 2.06. The minimum absolute atomic E-state index is 0.0181. The Balaban J connectivity index is 2.39. The summed E-state index contributed by atoms with van der Waals surface area (Å²) in [6.45, 7) is 7.76. The smallest absolute Gasteiger partial charge is 0.188 e. The number of Topliss-reactive ketones (excluding diaryl/α,β-unsaturated/α-hetero) is 1. The third kappa shape index (κ3) is 4.67. The van der Waals surface area contributed by atoms with E-state index < -0.39 is 0 Å². The largest absolute Gasteiger partial charge is 0.379 e. The molecule has 3 nitrogen and oxygen atoms in total. The van der Waals surface area contributed by atoms with E-state index in [-0.39, 0.29) is 12.4 Å². The molecular formula is C14H20O3. The fourth-order valence-corrected chi connectivity index (χ4v) is 1.43. The zero-order chi connectivity index (χ0) is 12.7. The second-order valence-corrected chi connectivity index (χ2v) is 3.97. The number of rotatable bonds is 7. The lowest BCUT2D eigenvalue weighted by atomic mass is 10.0. The van der Waals surface area contributed by atoms with Gasteiger partial charge >= 0.3 is 0 Å². The molecule has 0 aliphatic heterocycles. The van der Waals surface area contributed by atoms with Crippen LogP contribution in [-0.2, 0) is 9.47 Å². The Bertz CT molecular complexity index is 372. The second kappa shape index (κ2) is 7.20. The Morgan fingerprint density at radius 3 is 2.47 bits per heavy atom. The second-order valence-electron chi connectivity index (χ2n) is 3.97. The lowest BCUT2D eigenvalue weighted by Gasteiger charge is -2.06. The summed E-state index contributed by atoms with van der Waals surface area (Å²) < 4.78 is 10.4. The fourth-order valence-electron chi connectivity index (χ4n) is 1.43. The highest BCUT2D eigenvalue weighted by Crippen LogP contribution is 2.10. The van der Waals surface area contributed by atoms with Gasteiger partial charge in [0.05, 0.1) is 13.2 Å². The van der Waals surface area contributed by atoms with Crippen molar-refractivity contribution in [3.05, 3.63) is 34.9 Å². The van der Waals surface area contributed by atoms with Crippen LogP contribution in [0.25, 0.3) is 0 Å². The van der Waals surface area contributed by atoms with Gasteiger partial charge in [0.25, 0.3) is 0 Å². The van der Waals surface area contributed by atoms with Gasteiger partial charge in [0.1, 0.15) is 6.61 Å². The highest BCUT2D eigenvalue weighted by molar-refractivity contribution is 5.97. The van der Waals surface area contributed by atoms with E-state index in [1.54, 1.807) is 0 Å². The molecule has 0 bridgehead atoms. The van der Waals surface area contributed by atoms with E-state index >= 15 is 0 Å². The molecular weight excluding hydrogens is 216 g/mol. The van der Waals surface area contributed by atoms with Gasteiger partial charge in [-0.2, -0.15) is 0 Å². The van der Waals surface area contributed by atoms with Crippen LogP contribution in [0.1, 0.15) is 28.4 Å². The van der Waals surface area contributed by atoms with Crippen LogP contribution in [0.2, 0.25) is 0 Å². The molecule has 0 heterocycles. The van der Waals surface area contributed by atoms with E-state index in [0.717, 1.165) is 5.56 Å². The summed E-state index contributed by atoms with van der Waals surface area (Å²) in [5.74, 6) is 0.0181. The van der Waals surface area contributed by atoms with Gasteiger partial charge in [0.15, 0.2) is 5.78 Å². The zero-order valence-electron chi connectivity index (χ0n) is 10.8. The van der Waals surface area contributed by atoms with Crippen LogP contribution in [0.5, 0.6) is 0 Å². The topological polar surface area (TPSA) is 35.5 Å². The maximum absolute atomic E-state index is 11.8. The van der Waals surface area contributed by atoms with Crippen molar-refractivity contribution in [3.63, 3.8) is 0 Å². The van der Waals surface area contributed by atoms with E-state index in [9.17, 15) is 4.79 Å². The summed E-state index contributed by atoms with van der Waals surface area (Å²) in [7, 11) is 0. The summed E-state index contributed by atoms with van der Waals surface area (Å²) in [4.78, 5) is 11.8. The minimum atomic E-state index is 0.0181. The lowest BCUT2D eigenvalue weighted by molar-refractivity contribution is 0.0475. The molecule has 0 fully saturated rings. The molecule has 0 aromatic heterocycles. The molecule has 1 aromatic carbocycles. The van der Waals surface area contributed by atoms with Crippen molar-refractivity contribution in [2.45, 2.75) is 20.8 Å². The average Bonchev–Trinajstić information content (AvgIpc) is 2.32. The van der Waals surface area contributed by atoms with Crippen LogP contribution in [0.15, 0.2) is 18.2 Å². The van der Waals surface area contributed by atoms with E-state index in [4.69, 9.17) is 9.47 Å². The van der Waals surface area contributed by atoms with E-state index in [1.807, 2.05) is 39.0 Å². The number of carbonyl (C=O) groups excluding carboxylic acids is 1.